The van der Waals surface area contributed by atoms with E-state index in [1.165, 1.54) is 6.07 Å². The van der Waals surface area contributed by atoms with Crippen LogP contribution in [0.2, 0.25) is 0 Å². The van der Waals surface area contributed by atoms with Crippen molar-refractivity contribution < 1.29 is 23.6 Å². The summed E-state index contributed by atoms with van der Waals surface area (Å²) in [5.74, 6) is -4.07. The van der Waals surface area contributed by atoms with Gasteiger partial charge in [-0.2, -0.15) is 0 Å². The maximum absolute atomic E-state index is 13.5. The van der Waals surface area contributed by atoms with Gasteiger partial charge in [-0.25, -0.2) is 8.78 Å². The molecule has 0 aliphatic heterocycles. The Bertz CT molecular complexity index is 714. The number of carbonyl (C=O) groups is 1. The first-order valence-electron chi connectivity index (χ1n) is 5.63. The maximum Gasteiger partial charge on any atom is 0.296 e. The minimum absolute atomic E-state index is 0.532. The summed E-state index contributed by atoms with van der Waals surface area (Å²) in [7, 11) is 0. The highest BCUT2D eigenvalue weighted by Gasteiger charge is 2.23. The number of para-hydroxylation sites is 1. The number of phenols is 1. The summed E-state index contributed by atoms with van der Waals surface area (Å²) in [6.45, 7) is 0. The molecule has 0 fully saturated rings. The van der Waals surface area contributed by atoms with Crippen molar-refractivity contribution in [2.75, 3.05) is 5.32 Å². The molecule has 0 atom stereocenters. The van der Waals surface area contributed by atoms with Gasteiger partial charge in [0.05, 0.1) is 4.92 Å². The first-order valence-corrected chi connectivity index (χ1v) is 5.63. The van der Waals surface area contributed by atoms with E-state index >= 15 is 0 Å². The quantitative estimate of drug-likeness (QED) is 0.517. The van der Waals surface area contributed by atoms with Crippen molar-refractivity contribution in [2.45, 2.75) is 0 Å². The molecule has 21 heavy (non-hydrogen) atoms. The lowest BCUT2D eigenvalue weighted by Gasteiger charge is -2.09. The average Bonchev–Trinajstić information content (AvgIpc) is 2.40. The Kier molecular flexibility index (Phi) is 3.79. The van der Waals surface area contributed by atoms with Crippen LogP contribution in [0.25, 0.3) is 0 Å². The highest BCUT2D eigenvalue weighted by Crippen LogP contribution is 2.33. The second-order valence-electron chi connectivity index (χ2n) is 3.98. The van der Waals surface area contributed by atoms with Crippen LogP contribution < -0.4 is 5.32 Å². The molecule has 2 aromatic rings. The number of anilines is 1. The van der Waals surface area contributed by atoms with Gasteiger partial charge in [0.1, 0.15) is 22.9 Å². The molecular formula is C13H8F2N2O4. The number of benzene rings is 2. The second-order valence-corrected chi connectivity index (χ2v) is 3.98. The lowest BCUT2D eigenvalue weighted by Crippen LogP contribution is -2.16. The third-order valence-electron chi connectivity index (χ3n) is 2.65. The molecule has 0 bridgehead atoms. The molecule has 0 spiro atoms. The van der Waals surface area contributed by atoms with E-state index in [1.54, 1.807) is 0 Å². The largest absolute Gasteiger partial charge is 0.505 e. The first kappa shape index (κ1) is 14.4. The molecule has 0 radical (unpaired) electrons. The summed E-state index contributed by atoms with van der Waals surface area (Å²) in [5.41, 5.74) is -2.02. The van der Waals surface area contributed by atoms with Gasteiger partial charge in [-0.1, -0.05) is 12.1 Å². The smallest absolute Gasteiger partial charge is 0.296 e. The second kappa shape index (κ2) is 5.53. The molecule has 0 aromatic heterocycles. The molecule has 108 valence electrons. The van der Waals surface area contributed by atoms with Crippen LogP contribution in [0, 0.1) is 21.7 Å². The Labute approximate surface area is 116 Å². The van der Waals surface area contributed by atoms with Gasteiger partial charge in [0, 0.05) is 6.07 Å². The summed E-state index contributed by atoms with van der Waals surface area (Å²) in [5, 5.41) is 22.3. The van der Waals surface area contributed by atoms with E-state index in [0.29, 0.717) is 0 Å². The monoisotopic (exact) mass is 294 g/mol. The van der Waals surface area contributed by atoms with Crippen LogP contribution in [-0.4, -0.2) is 15.9 Å². The van der Waals surface area contributed by atoms with Crippen LogP contribution in [0.5, 0.6) is 5.75 Å². The molecule has 2 N–H and O–H groups in total. The number of hydrogen-bond donors (Lipinski definition) is 2. The molecule has 0 saturated carbocycles. The van der Waals surface area contributed by atoms with Crippen LogP contribution in [0.3, 0.4) is 0 Å². The average molecular weight is 294 g/mol. The van der Waals surface area contributed by atoms with E-state index in [1.807, 2.05) is 5.32 Å². The van der Waals surface area contributed by atoms with E-state index < -0.39 is 45.2 Å². The van der Waals surface area contributed by atoms with Gasteiger partial charge >= 0.3 is 0 Å². The molecule has 6 nitrogen and oxygen atoms in total. The van der Waals surface area contributed by atoms with E-state index in [-0.39, 0.29) is 0 Å². The molecule has 0 unspecified atom stereocenters. The number of nitro benzene ring substituents is 1. The van der Waals surface area contributed by atoms with Crippen LogP contribution in [0.1, 0.15) is 10.4 Å². The molecule has 0 aliphatic carbocycles. The zero-order chi connectivity index (χ0) is 15.6. The fraction of sp³-hybridized carbons (Fsp3) is 0. The van der Waals surface area contributed by atoms with Gasteiger partial charge in [0.2, 0.25) is 0 Å². The van der Waals surface area contributed by atoms with Crippen molar-refractivity contribution in [1.29, 1.82) is 0 Å². The van der Waals surface area contributed by atoms with Crippen molar-refractivity contribution in [3.8, 4) is 5.75 Å². The number of hydrogen-bond acceptors (Lipinski definition) is 4. The number of phenolic OH excluding ortho intramolecular Hbond substituents is 1. The summed E-state index contributed by atoms with van der Waals surface area (Å²) in [6.07, 6.45) is 0. The molecule has 0 aliphatic rings. The summed E-state index contributed by atoms with van der Waals surface area (Å²) in [4.78, 5) is 21.8. The first-order chi connectivity index (χ1) is 9.91. The van der Waals surface area contributed by atoms with Crippen molar-refractivity contribution in [3.05, 3.63) is 63.7 Å². The van der Waals surface area contributed by atoms with Gasteiger partial charge < -0.3 is 10.4 Å². The summed E-state index contributed by atoms with van der Waals surface area (Å²) >= 11 is 0. The predicted molar refractivity (Wildman–Crippen MR) is 69.1 cm³/mol. The minimum atomic E-state index is -1.24. The molecule has 2 rings (SSSR count). The predicted octanol–water partition coefficient (Wildman–Crippen LogP) is 2.83. The normalized spacial score (nSPS) is 10.2. The number of nitrogens with zero attached hydrogens (tertiary/aromatic N) is 1. The highest BCUT2D eigenvalue weighted by molar-refractivity contribution is 6.06. The van der Waals surface area contributed by atoms with E-state index in [4.69, 9.17) is 0 Å². The fourth-order valence-corrected chi connectivity index (χ4v) is 1.70. The molecule has 0 saturated heterocycles. The standard InChI is InChI=1S/C13H8F2N2O4/c14-7-3-1-4-8(15)11(7)13(19)16-12-9(17(20)21)5-2-6-10(12)18/h1-6,18H,(H,16,19). The number of carbonyl (C=O) groups excluding carboxylic acids is 1. The Balaban J connectivity index is 2.44. The number of rotatable bonds is 3. The molecule has 1 amide bonds. The number of aromatic hydroxyl groups is 1. The zero-order valence-electron chi connectivity index (χ0n) is 10.3. The Morgan fingerprint density at radius 1 is 1.14 bits per heavy atom. The van der Waals surface area contributed by atoms with Gasteiger partial charge in [0.25, 0.3) is 11.6 Å². The molecule has 0 heterocycles. The van der Waals surface area contributed by atoms with Crippen molar-refractivity contribution in [2.24, 2.45) is 0 Å². The third kappa shape index (κ3) is 2.78. The highest BCUT2D eigenvalue weighted by atomic mass is 19.1. The molecule has 8 heteroatoms. The number of halogens is 2. The Morgan fingerprint density at radius 2 is 1.71 bits per heavy atom. The fourth-order valence-electron chi connectivity index (χ4n) is 1.70. The molecular weight excluding hydrogens is 286 g/mol. The number of nitro groups is 1. The van der Waals surface area contributed by atoms with Crippen LogP contribution in [0.15, 0.2) is 36.4 Å². The van der Waals surface area contributed by atoms with Gasteiger partial charge in [0.15, 0.2) is 5.69 Å². The van der Waals surface area contributed by atoms with Crippen molar-refractivity contribution >= 4 is 17.3 Å². The Hall–Kier alpha value is -3.03. The third-order valence-corrected chi connectivity index (χ3v) is 2.65. The van der Waals surface area contributed by atoms with Gasteiger partial charge in [-0.05, 0) is 18.2 Å². The summed E-state index contributed by atoms with van der Waals surface area (Å²) < 4.78 is 26.9. The maximum atomic E-state index is 13.5. The lowest BCUT2D eigenvalue weighted by atomic mass is 10.1. The number of nitrogens with one attached hydrogen (secondary N) is 1. The van der Waals surface area contributed by atoms with Crippen LogP contribution in [-0.2, 0) is 0 Å². The van der Waals surface area contributed by atoms with Crippen LogP contribution >= 0.6 is 0 Å². The van der Waals surface area contributed by atoms with Crippen LogP contribution in [0.4, 0.5) is 20.2 Å². The van der Waals surface area contributed by atoms with Crippen molar-refractivity contribution in [3.63, 3.8) is 0 Å². The van der Waals surface area contributed by atoms with E-state index in [0.717, 1.165) is 30.3 Å². The minimum Gasteiger partial charge on any atom is -0.505 e. The SMILES string of the molecule is O=C(Nc1c(O)cccc1[N+](=O)[O-])c1c(F)cccc1F. The number of amides is 1. The van der Waals surface area contributed by atoms with Gasteiger partial charge in [-0.3, -0.25) is 14.9 Å². The summed E-state index contributed by atoms with van der Waals surface area (Å²) in [6, 6.07) is 6.15. The molecule has 2 aromatic carbocycles. The zero-order valence-corrected chi connectivity index (χ0v) is 10.3. The van der Waals surface area contributed by atoms with E-state index in [9.17, 15) is 28.8 Å². The van der Waals surface area contributed by atoms with Gasteiger partial charge in [-0.15, -0.1) is 0 Å². The van der Waals surface area contributed by atoms with Crippen molar-refractivity contribution in [1.82, 2.24) is 0 Å². The Morgan fingerprint density at radius 3 is 2.29 bits per heavy atom. The topological polar surface area (TPSA) is 92.5 Å². The lowest BCUT2D eigenvalue weighted by molar-refractivity contribution is -0.384. The van der Waals surface area contributed by atoms with E-state index in [2.05, 4.69) is 0 Å².